The van der Waals surface area contributed by atoms with Crippen LogP contribution >= 0.6 is 15.9 Å². The normalized spacial score (nSPS) is 12.0. The molecule has 0 aliphatic heterocycles. The van der Waals surface area contributed by atoms with Gasteiger partial charge in [-0.05, 0) is 11.6 Å². The Morgan fingerprint density at radius 2 is 2.00 bits per heavy atom. The number of benzene rings is 1. The van der Waals surface area contributed by atoms with Crippen LogP contribution in [0, 0.1) is 0 Å². The zero-order valence-corrected chi connectivity index (χ0v) is 9.68. The van der Waals surface area contributed by atoms with Crippen molar-refractivity contribution in [3.8, 4) is 0 Å². The summed E-state index contributed by atoms with van der Waals surface area (Å²) >= 11 is 3.13. The number of hydrogen-bond donors (Lipinski definition) is 0. The van der Waals surface area contributed by atoms with Crippen molar-refractivity contribution in [3.63, 3.8) is 0 Å². The van der Waals surface area contributed by atoms with Gasteiger partial charge < -0.3 is 0 Å². The molecular formula is C11H8BrF3O. The van der Waals surface area contributed by atoms with Gasteiger partial charge >= 0.3 is 6.18 Å². The first-order chi connectivity index (χ1) is 7.49. The smallest absolute Gasteiger partial charge is 0.298 e. The molecule has 1 rings (SSSR count). The number of alkyl halides is 4. The lowest BCUT2D eigenvalue weighted by Crippen LogP contribution is -2.09. The second kappa shape index (κ2) is 5.30. The molecule has 1 aromatic carbocycles. The first-order valence-corrected chi connectivity index (χ1v) is 5.50. The summed E-state index contributed by atoms with van der Waals surface area (Å²) in [6.45, 7) is 0. The molecule has 86 valence electrons. The van der Waals surface area contributed by atoms with Crippen LogP contribution in [0.15, 0.2) is 24.3 Å². The van der Waals surface area contributed by atoms with Crippen LogP contribution in [0.2, 0.25) is 0 Å². The maximum Gasteiger partial charge on any atom is 0.417 e. The van der Waals surface area contributed by atoms with Gasteiger partial charge in [0.25, 0.3) is 0 Å². The van der Waals surface area contributed by atoms with Gasteiger partial charge in [0, 0.05) is 10.9 Å². The molecule has 0 saturated heterocycles. The molecule has 0 spiro atoms. The molecule has 0 radical (unpaired) electrons. The second-order valence-corrected chi connectivity index (χ2v) is 3.67. The highest BCUT2D eigenvalue weighted by atomic mass is 79.9. The van der Waals surface area contributed by atoms with E-state index >= 15 is 0 Å². The highest BCUT2D eigenvalue weighted by molar-refractivity contribution is 9.09. The Hall–Kier alpha value is -1.10. The molecule has 16 heavy (non-hydrogen) atoms. The minimum atomic E-state index is -4.51. The molecule has 0 heterocycles. The summed E-state index contributed by atoms with van der Waals surface area (Å²) in [5, 5.41) is 0.559. The van der Waals surface area contributed by atoms with Crippen LogP contribution < -0.4 is 0 Å². The molecular weight excluding hydrogens is 285 g/mol. The Balaban J connectivity index is 3.22. The number of hydrogen-bond acceptors (Lipinski definition) is 1. The first-order valence-electron chi connectivity index (χ1n) is 4.38. The van der Waals surface area contributed by atoms with Crippen molar-refractivity contribution in [2.45, 2.75) is 6.18 Å². The zero-order chi connectivity index (χ0) is 12.2. The summed E-state index contributed by atoms with van der Waals surface area (Å²) in [6, 6.07) is 3.60. The lowest BCUT2D eigenvalue weighted by Gasteiger charge is -2.09. The Morgan fingerprint density at radius 3 is 2.50 bits per heavy atom. The SMILES string of the molecule is O=Cc1ccc(C=CCBr)cc1C(F)(F)F. The second-order valence-electron chi connectivity index (χ2n) is 3.02. The fourth-order valence-corrected chi connectivity index (χ4v) is 1.39. The van der Waals surface area contributed by atoms with Crippen LogP contribution in [0.5, 0.6) is 0 Å². The topological polar surface area (TPSA) is 17.1 Å². The van der Waals surface area contributed by atoms with E-state index in [0.717, 1.165) is 6.07 Å². The molecule has 0 fully saturated rings. The lowest BCUT2D eigenvalue weighted by atomic mass is 10.0. The number of carbonyl (C=O) groups is 1. The minimum absolute atomic E-state index is 0.209. The first kappa shape index (κ1) is 13.0. The van der Waals surface area contributed by atoms with Gasteiger partial charge in [-0.15, -0.1) is 0 Å². The van der Waals surface area contributed by atoms with Crippen LogP contribution in [-0.4, -0.2) is 11.6 Å². The average Bonchev–Trinajstić information content (AvgIpc) is 2.24. The molecule has 0 N–H and O–H groups in total. The molecule has 0 bridgehead atoms. The third-order valence-electron chi connectivity index (χ3n) is 1.91. The molecule has 0 saturated carbocycles. The van der Waals surface area contributed by atoms with Gasteiger partial charge in [-0.25, -0.2) is 0 Å². The van der Waals surface area contributed by atoms with Crippen molar-refractivity contribution in [1.82, 2.24) is 0 Å². The Bertz CT molecular complexity index is 410. The molecule has 0 unspecified atom stereocenters. The Kier molecular flexibility index (Phi) is 4.29. The van der Waals surface area contributed by atoms with E-state index in [2.05, 4.69) is 15.9 Å². The summed E-state index contributed by atoms with van der Waals surface area (Å²) in [4.78, 5) is 10.5. The molecule has 0 aliphatic carbocycles. The third-order valence-corrected chi connectivity index (χ3v) is 2.28. The predicted octanol–water partition coefficient (Wildman–Crippen LogP) is 3.93. The van der Waals surface area contributed by atoms with E-state index in [1.54, 1.807) is 12.2 Å². The van der Waals surface area contributed by atoms with Crippen molar-refractivity contribution in [2.24, 2.45) is 0 Å². The van der Waals surface area contributed by atoms with E-state index in [0.29, 0.717) is 10.9 Å². The van der Waals surface area contributed by atoms with Crippen molar-refractivity contribution < 1.29 is 18.0 Å². The van der Waals surface area contributed by atoms with E-state index < -0.39 is 11.7 Å². The molecule has 0 aromatic heterocycles. The van der Waals surface area contributed by atoms with Crippen LogP contribution in [0.25, 0.3) is 6.08 Å². The van der Waals surface area contributed by atoms with Gasteiger partial charge in [-0.2, -0.15) is 13.2 Å². The molecule has 0 atom stereocenters. The largest absolute Gasteiger partial charge is 0.417 e. The Labute approximate surface area is 99.1 Å². The number of carbonyl (C=O) groups excluding carboxylic acids is 1. The van der Waals surface area contributed by atoms with Crippen LogP contribution in [0.3, 0.4) is 0 Å². The fraction of sp³-hybridized carbons (Fsp3) is 0.182. The van der Waals surface area contributed by atoms with E-state index in [1.165, 1.54) is 12.1 Å². The average molecular weight is 293 g/mol. The summed E-state index contributed by atoms with van der Waals surface area (Å²) in [7, 11) is 0. The van der Waals surface area contributed by atoms with Crippen molar-refractivity contribution in [1.29, 1.82) is 0 Å². The molecule has 1 aromatic rings. The number of rotatable bonds is 3. The number of aldehydes is 1. The van der Waals surface area contributed by atoms with E-state index in [1.807, 2.05) is 0 Å². The highest BCUT2D eigenvalue weighted by Gasteiger charge is 2.33. The molecule has 1 nitrogen and oxygen atoms in total. The van der Waals surface area contributed by atoms with Crippen molar-refractivity contribution >= 4 is 28.3 Å². The summed E-state index contributed by atoms with van der Waals surface area (Å²) in [5.74, 6) is 0. The Morgan fingerprint density at radius 1 is 1.31 bits per heavy atom. The van der Waals surface area contributed by atoms with Crippen LogP contribution in [0.1, 0.15) is 21.5 Å². The van der Waals surface area contributed by atoms with Crippen LogP contribution in [-0.2, 0) is 6.18 Å². The highest BCUT2D eigenvalue weighted by Crippen LogP contribution is 2.32. The maximum absolute atomic E-state index is 12.5. The predicted molar refractivity (Wildman–Crippen MR) is 59.7 cm³/mol. The van der Waals surface area contributed by atoms with E-state index in [4.69, 9.17) is 0 Å². The van der Waals surface area contributed by atoms with Gasteiger partial charge in [0.15, 0.2) is 6.29 Å². The standard InChI is InChI=1S/C11H8BrF3O/c12-5-1-2-8-3-4-9(7-16)10(6-8)11(13,14)15/h1-4,6-7H,5H2. The minimum Gasteiger partial charge on any atom is -0.298 e. The van der Waals surface area contributed by atoms with Crippen molar-refractivity contribution in [2.75, 3.05) is 5.33 Å². The third kappa shape index (κ3) is 3.20. The monoisotopic (exact) mass is 292 g/mol. The zero-order valence-electron chi connectivity index (χ0n) is 8.09. The van der Waals surface area contributed by atoms with Crippen LogP contribution in [0.4, 0.5) is 13.2 Å². The van der Waals surface area contributed by atoms with Gasteiger partial charge in [-0.3, -0.25) is 4.79 Å². The van der Waals surface area contributed by atoms with Gasteiger partial charge in [0.05, 0.1) is 5.56 Å². The fourth-order valence-electron chi connectivity index (χ4n) is 1.21. The van der Waals surface area contributed by atoms with E-state index in [-0.39, 0.29) is 11.8 Å². The van der Waals surface area contributed by atoms with E-state index in [9.17, 15) is 18.0 Å². The molecule has 0 aliphatic rings. The summed E-state index contributed by atoms with van der Waals surface area (Å²) in [6.07, 6.45) is -1.07. The quantitative estimate of drug-likeness (QED) is 0.609. The lowest BCUT2D eigenvalue weighted by molar-refractivity contribution is -0.137. The van der Waals surface area contributed by atoms with Gasteiger partial charge in [0.2, 0.25) is 0 Å². The van der Waals surface area contributed by atoms with Gasteiger partial charge in [-0.1, -0.05) is 40.2 Å². The van der Waals surface area contributed by atoms with Gasteiger partial charge in [0.1, 0.15) is 0 Å². The van der Waals surface area contributed by atoms with Crippen molar-refractivity contribution in [3.05, 3.63) is 41.0 Å². The molecule has 0 amide bonds. The molecule has 5 heteroatoms. The summed E-state index contributed by atoms with van der Waals surface area (Å²) in [5.41, 5.74) is -0.833. The number of halogens is 4. The number of allylic oxidation sites excluding steroid dienone is 1. The maximum atomic E-state index is 12.5. The summed E-state index contributed by atoms with van der Waals surface area (Å²) < 4.78 is 37.6.